The molecule has 0 saturated heterocycles. The molecule has 28 heavy (non-hydrogen) atoms. The second kappa shape index (κ2) is 12.0. The van der Waals surface area contributed by atoms with Crippen LogP contribution in [0.15, 0.2) is 42.5 Å². The van der Waals surface area contributed by atoms with Crippen molar-refractivity contribution in [2.24, 2.45) is 0 Å². The van der Waals surface area contributed by atoms with Crippen LogP contribution in [0.2, 0.25) is 0 Å². The molecule has 2 aromatic carbocycles. The molecule has 0 unspecified atom stereocenters. The number of anilines is 1. The molecule has 0 aliphatic heterocycles. The number of rotatable bonds is 12. The lowest BCUT2D eigenvalue weighted by molar-refractivity contribution is -0.118. The summed E-state index contributed by atoms with van der Waals surface area (Å²) in [5, 5.41) is 6.27. The van der Waals surface area contributed by atoms with Gasteiger partial charge in [0.25, 0.3) is 5.91 Å². The van der Waals surface area contributed by atoms with E-state index in [1.807, 2.05) is 49.4 Å². The normalized spacial score (nSPS) is 10.5. The summed E-state index contributed by atoms with van der Waals surface area (Å²) < 4.78 is 11.1. The SMILES string of the molecule is CCCCCCNCc1ccc(OCC(=O)Nc2ccc(C)cc2)c(OC)c1. The van der Waals surface area contributed by atoms with Gasteiger partial charge in [-0.25, -0.2) is 0 Å². The fraction of sp³-hybridized carbons (Fsp3) is 0.435. The Morgan fingerprint density at radius 2 is 1.79 bits per heavy atom. The van der Waals surface area contributed by atoms with Crippen molar-refractivity contribution in [1.29, 1.82) is 0 Å². The molecule has 0 heterocycles. The van der Waals surface area contributed by atoms with Crippen LogP contribution in [0.1, 0.15) is 43.7 Å². The highest BCUT2D eigenvalue weighted by Crippen LogP contribution is 2.28. The first kappa shape index (κ1) is 21.8. The quantitative estimate of drug-likeness (QED) is 0.521. The van der Waals surface area contributed by atoms with E-state index in [-0.39, 0.29) is 12.5 Å². The third kappa shape index (κ3) is 7.61. The molecule has 0 spiro atoms. The molecule has 2 rings (SSSR count). The summed E-state index contributed by atoms with van der Waals surface area (Å²) in [6, 6.07) is 13.5. The Balaban J connectivity index is 1.80. The first-order valence-electron chi connectivity index (χ1n) is 9.99. The summed E-state index contributed by atoms with van der Waals surface area (Å²) in [4.78, 5) is 12.1. The summed E-state index contributed by atoms with van der Waals surface area (Å²) in [6.45, 7) is 5.96. The molecule has 2 N–H and O–H groups in total. The molecule has 0 saturated carbocycles. The van der Waals surface area contributed by atoms with Crippen LogP contribution in [0.3, 0.4) is 0 Å². The maximum atomic E-state index is 12.1. The highest BCUT2D eigenvalue weighted by Gasteiger charge is 2.09. The zero-order chi connectivity index (χ0) is 20.2. The Kier molecular flexibility index (Phi) is 9.35. The number of amides is 1. The lowest BCUT2D eigenvalue weighted by Crippen LogP contribution is -2.20. The van der Waals surface area contributed by atoms with E-state index in [2.05, 4.69) is 17.6 Å². The van der Waals surface area contributed by atoms with Crippen molar-refractivity contribution in [2.45, 2.75) is 46.1 Å². The predicted octanol–water partition coefficient (Wildman–Crippen LogP) is 4.69. The largest absolute Gasteiger partial charge is 0.493 e. The molecule has 0 atom stereocenters. The lowest BCUT2D eigenvalue weighted by atomic mass is 10.2. The number of nitrogens with one attached hydrogen (secondary N) is 2. The van der Waals surface area contributed by atoms with Crippen LogP contribution in [-0.2, 0) is 11.3 Å². The molecule has 0 aliphatic carbocycles. The molecule has 0 aliphatic rings. The third-order valence-corrected chi connectivity index (χ3v) is 4.46. The summed E-state index contributed by atoms with van der Waals surface area (Å²) in [5.41, 5.74) is 3.03. The maximum absolute atomic E-state index is 12.1. The van der Waals surface area contributed by atoms with Crippen molar-refractivity contribution in [3.8, 4) is 11.5 Å². The predicted molar refractivity (Wildman–Crippen MR) is 114 cm³/mol. The maximum Gasteiger partial charge on any atom is 0.262 e. The fourth-order valence-corrected chi connectivity index (χ4v) is 2.83. The third-order valence-electron chi connectivity index (χ3n) is 4.46. The molecule has 0 radical (unpaired) electrons. The number of carbonyl (C=O) groups excluding carboxylic acids is 1. The fourth-order valence-electron chi connectivity index (χ4n) is 2.83. The van der Waals surface area contributed by atoms with E-state index in [9.17, 15) is 4.79 Å². The zero-order valence-electron chi connectivity index (χ0n) is 17.2. The standard InChI is InChI=1S/C23H32N2O3/c1-4-5-6-7-14-24-16-19-10-13-21(22(15-19)27-3)28-17-23(26)25-20-11-8-18(2)9-12-20/h8-13,15,24H,4-7,14,16-17H2,1-3H3,(H,25,26). The summed E-state index contributed by atoms with van der Waals surface area (Å²) in [6.07, 6.45) is 5.01. The first-order chi connectivity index (χ1) is 13.6. The van der Waals surface area contributed by atoms with Crippen molar-refractivity contribution >= 4 is 11.6 Å². The van der Waals surface area contributed by atoms with Crippen LogP contribution >= 0.6 is 0 Å². The van der Waals surface area contributed by atoms with E-state index >= 15 is 0 Å². The van der Waals surface area contributed by atoms with E-state index in [4.69, 9.17) is 9.47 Å². The molecule has 0 fully saturated rings. The van der Waals surface area contributed by atoms with Gasteiger partial charge in [0.1, 0.15) is 0 Å². The van der Waals surface area contributed by atoms with Crippen molar-refractivity contribution in [3.63, 3.8) is 0 Å². The van der Waals surface area contributed by atoms with Crippen LogP contribution < -0.4 is 20.1 Å². The van der Waals surface area contributed by atoms with Crippen molar-refractivity contribution < 1.29 is 14.3 Å². The molecule has 5 nitrogen and oxygen atoms in total. The van der Waals surface area contributed by atoms with E-state index < -0.39 is 0 Å². The Morgan fingerprint density at radius 3 is 2.50 bits per heavy atom. The number of benzene rings is 2. The summed E-state index contributed by atoms with van der Waals surface area (Å²) >= 11 is 0. The molecule has 0 bridgehead atoms. The van der Waals surface area contributed by atoms with Gasteiger partial charge in [0.05, 0.1) is 7.11 Å². The summed E-state index contributed by atoms with van der Waals surface area (Å²) in [7, 11) is 1.61. The highest BCUT2D eigenvalue weighted by molar-refractivity contribution is 5.91. The van der Waals surface area contributed by atoms with Crippen LogP contribution in [-0.4, -0.2) is 26.2 Å². The van der Waals surface area contributed by atoms with E-state index in [0.29, 0.717) is 11.5 Å². The van der Waals surface area contributed by atoms with Crippen molar-refractivity contribution in [2.75, 3.05) is 25.6 Å². The monoisotopic (exact) mass is 384 g/mol. The van der Waals surface area contributed by atoms with Gasteiger partial charge < -0.3 is 20.1 Å². The highest BCUT2D eigenvalue weighted by atomic mass is 16.5. The Bertz CT molecular complexity index is 729. The number of unbranched alkanes of at least 4 members (excludes halogenated alkanes) is 3. The van der Waals surface area contributed by atoms with Crippen molar-refractivity contribution in [3.05, 3.63) is 53.6 Å². The van der Waals surface area contributed by atoms with Gasteiger partial charge in [-0.3, -0.25) is 4.79 Å². The molecular weight excluding hydrogens is 352 g/mol. The second-order valence-electron chi connectivity index (χ2n) is 6.93. The molecular formula is C23H32N2O3. The van der Waals surface area contributed by atoms with Crippen LogP contribution in [0.5, 0.6) is 11.5 Å². The van der Waals surface area contributed by atoms with Gasteiger partial charge in [-0.05, 0) is 49.7 Å². The van der Waals surface area contributed by atoms with Crippen molar-refractivity contribution in [1.82, 2.24) is 5.32 Å². The van der Waals surface area contributed by atoms with Gasteiger partial charge in [0.2, 0.25) is 0 Å². The van der Waals surface area contributed by atoms with Crippen LogP contribution in [0, 0.1) is 6.92 Å². The Labute approximate surface area is 168 Å². The van der Waals surface area contributed by atoms with Gasteiger partial charge in [0, 0.05) is 12.2 Å². The number of carbonyl (C=O) groups is 1. The second-order valence-corrected chi connectivity index (χ2v) is 6.93. The molecule has 0 aromatic heterocycles. The van der Waals surface area contributed by atoms with E-state index in [0.717, 1.165) is 29.9 Å². The lowest BCUT2D eigenvalue weighted by Gasteiger charge is -2.13. The number of ether oxygens (including phenoxy) is 2. The number of hydrogen-bond acceptors (Lipinski definition) is 4. The molecule has 152 valence electrons. The molecule has 1 amide bonds. The van der Waals surface area contributed by atoms with Gasteiger partial charge in [-0.1, -0.05) is 49.9 Å². The van der Waals surface area contributed by atoms with Gasteiger partial charge in [-0.2, -0.15) is 0 Å². The smallest absolute Gasteiger partial charge is 0.262 e. The van der Waals surface area contributed by atoms with E-state index in [1.54, 1.807) is 7.11 Å². The molecule has 2 aromatic rings. The van der Waals surface area contributed by atoms with Gasteiger partial charge in [0.15, 0.2) is 18.1 Å². The van der Waals surface area contributed by atoms with Gasteiger partial charge in [-0.15, -0.1) is 0 Å². The van der Waals surface area contributed by atoms with Crippen LogP contribution in [0.4, 0.5) is 5.69 Å². The van der Waals surface area contributed by atoms with Gasteiger partial charge >= 0.3 is 0 Å². The Hall–Kier alpha value is -2.53. The average Bonchev–Trinajstić information content (AvgIpc) is 2.71. The topological polar surface area (TPSA) is 59.6 Å². The Morgan fingerprint density at radius 1 is 1.00 bits per heavy atom. The minimum Gasteiger partial charge on any atom is -0.493 e. The molecule has 5 heteroatoms. The minimum absolute atomic E-state index is 0.0702. The number of aryl methyl sites for hydroxylation is 1. The number of hydrogen-bond donors (Lipinski definition) is 2. The average molecular weight is 385 g/mol. The number of methoxy groups -OCH3 is 1. The summed E-state index contributed by atoms with van der Waals surface area (Å²) in [5.74, 6) is 0.991. The minimum atomic E-state index is -0.205. The first-order valence-corrected chi connectivity index (χ1v) is 9.99. The van der Waals surface area contributed by atoms with E-state index in [1.165, 1.54) is 25.7 Å². The van der Waals surface area contributed by atoms with Crippen LogP contribution in [0.25, 0.3) is 0 Å². The zero-order valence-corrected chi connectivity index (χ0v) is 17.2.